The number of ketones is 1. The van der Waals surface area contributed by atoms with Crippen molar-refractivity contribution in [2.75, 3.05) is 13.7 Å². The van der Waals surface area contributed by atoms with Crippen LogP contribution in [0, 0.1) is 10.1 Å². The summed E-state index contributed by atoms with van der Waals surface area (Å²) < 4.78 is 6.22. The fraction of sp³-hybridized carbons (Fsp3) is 0.545. The Hall–Kier alpha value is -2.29. The summed E-state index contributed by atoms with van der Waals surface area (Å²) in [6.07, 6.45) is 1.47. The third-order valence-corrected chi connectivity index (χ3v) is 2.52. The Morgan fingerprint density at radius 2 is 2.10 bits per heavy atom. The Morgan fingerprint density at radius 1 is 1.45 bits per heavy atom. The number of Topliss-reactive ketones (excluding diaryl/α,β-unsaturated/α-hetero) is 1. The van der Waals surface area contributed by atoms with E-state index < -0.39 is 34.2 Å². The summed E-state index contributed by atoms with van der Waals surface area (Å²) in [7, 11) is 1.30. The van der Waals surface area contributed by atoms with E-state index in [1.165, 1.54) is 7.11 Å². The van der Waals surface area contributed by atoms with Crippen molar-refractivity contribution in [3.05, 3.63) is 37.1 Å². The number of ether oxygens (including phenoxy) is 1. The highest BCUT2D eigenvalue weighted by atomic mass is 16.6. The van der Waals surface area contributed by atoms with Gasteiger partial charge in [-0.15, -0.1) is 0 Å². The van der Waals surface area contributed by atoms with Gasteiger partial charge in [-0.05, 0) is 6.42 Å². The standard InChI is InChI=1S/C11H15N3O6/c1-3-4-12-6-9(14(18)19)10(16)13(11(12)17)5-8(15)7-20-2/h6H,3-5,7H2,1-2H3. The Morgan fingerprint density at radius 3 is 2.60 bits per heavy atom. The molecule has 110 valence electrons. The van der Waals surface area contributed by atoms with Crippen molar-refractivity contribution in [3.8, 4) is 0 Å². The van der Waals surface area contributed by atoms with E-state index in [-0.39, 0.29) is 13.2 Å². The predicted octanol–water partition coefficient (Wildman–Crippen LogP) is -0.456. The van der Waals surface area contributed by atoms with Crippen LogP contribution in [-0.2, 0) is 22.6 Å². The molecule has 0 bridgehead atoms. The zero-order valence-corrected chi connectivity index (χ0v) is 11.2. The van der Waals surface area contributed by atoms with Gasteiger partial charge in [0.2, 0.25) is 0 Å². The lowest BCUT2D eigenvalue weighted by Gasteiger charge is -2.08. The minimum Gasteiger partial charge on any atom is -0.377 e. The maximum atomic E-state index is 12.0. The Kier molecular flexibility index (Phi) is 5.32. The smallest absolute Gasteiger partial charge is 0.350 e. The maximum absolute atomic E-state index is 12.0. The van der Waals surface area contributed by atoms with Crippen LogP contribution in [-0.4, -0.2) is 33.6 Å². The molecule has 0 aliphatic carbocycles. The normalized spacial score (nSPS) is 10.5. The maximum Gasteiger partial charge on any atom is 0.350 e. The first-order valence-corrected chi connectivity index (χ1v) is 5.91. The number of nitro groups is 1. The summed E-state index contributed by atoms with van der Waals surface area (Å²) in [5.41, 5.74) is -2.56. The van der Waals surface area contributed by atoms with Crippen LogP contribution >= 0.6 is 0 Å². The van der Waals surface area contributed by atoms with Crippen LogP contribution in [0.5, 0.6) is 0 Å². The largest absolute Gasteiger partial charge is 0.377 e. The molecule has 1 rings (SSSR count). The van der Waals surface area contributed by atoms with E-state index >= 15 is 0 Å². The molecule has 20 heavy (non-hydrogen) atoms. The van der Waals surface area contributed by atoms with Crippen LogP contribution in [0.15, 0.2) is 15.8 Å². The number of carbonyl (C=O) groups is 1. The van der Waals surface area contributed by atoms with Crippen molar-refractivity contribution >= 4 is 11.5 Å². The molecule has 9 heteroatoms. The summed E-state index contributed by atoms with van der Waals surface area (Å²) in [4.78, 5) is 45.3. The van der Waals surface area contributed by atoms with E-state index in [1.54, 1.807) is 6.92 Å². The fourth-order valence-corrected chi connectivity index (χ4v) is 1.69. The summed E-state index contributed by atoms with van der Waals surface area (Å²) in [5, 5.41) is 10.8. The molecular weight excluding hydrogens is 270 g/mol. The van der Waals surface area contributed by atoms with Crippen LogP contribution in [0.1, 0.15) is 13.3 Å². The predicted molar refractivity (Wildman–Crippen MR) is 68.8 cm³/mol. The lowest BCUT2D eigenvalue weighted by Crippen LogP contribution is -2.42. The minimum atomic E-state index is -1.09. The fourth-order valence-electron chi connectivity index (χ4n) is 1.69. The zero-order valence-electron chi connectivity index (χ0n) is 11.2. The molecule has 0 spiro atoms. The average Bonchev–Trinajstić information content (AvgIpc) is 2.38. The van der Waals surface area contributed by atoms with Gasteiger partial charge in [-0.25, -0.2) is 9.36 Å². The highest BCUT2D eigenvalue weighted by molar-refractivity contribution is 5.79. The topological polar surface area (TPSA) is 113 Å². The van der Waals surface area contributed by atoms with E-state index in [0.717, 1.165) is 10.8 Å². The van der Waals surface area contributed by atoms with Crippen molar-refractivity contribution in [1.29, 1.82) is 0 Å². The van der Waals surface area contributed by atoms with Crippen molar-refractivity contribution in [3.63, 3.8) is 0 Å². The van der Waals surface area contributed by atoms with Crippen molar-refractivity contribution in [2.24, 2.45) is 0 Å². The number of nitrogens with zero attached hydrogens (tertiary/aromatic N) is 3. The summed E-state index contributed by atoms with van der Waals surface area (Å²) in [6, 6.07) is 0. The lowest BCUT2D eigenvalue weighted by atomic mass is 10.4. The van der Waals surface area contributed by atoms with E-state index in [9.17, 15) is 24.5 Å². The van der Waals surface area contributed by atoms with Gasteiger partial charge < -0.3 is 4.74 Å². The molecule has 0 amide bonds. The summed E-state index contributed by atoms with van der Waals surface area (Å²) >= 11 is 0. The SMILES string of the molecule is CCCn1cc([N+](=O)[O-])c(=O)n(CC(=O)COC)c1=O. The van der Waals surface area contributed by atoms with E-state index in [2.05, 4.69) is 4.74 Å². The highest BCUT2D eigenvalue weighted by Crippen LogP contribution is 2.01. The number of carbonyl (C=O) groups excluding carboxylic acids is 1. The summed E-state index contributed by atoms with van der Waals surface area (Å²) in [6.45, 7) is 1.18. The Labute approximate surface area is 113 Å². The van der Waals surface area contributed by atoms with Gasteiger partial charge in [0.25, 0.3) is 0 Å². The van der Waals surface area contributed by atoms with Gasteiger partial charge in [-0.3, -0.25) is 24.3 Å². The number of methoxy groups -OCH3 is 1. The van der Waals surface area contributed by atoms with E-state index in [1.807, 2.05) is 0 Å². The first-order chi connectivity index (χ1) is 9.42. The quantitative estimate of drug-likeness (QED) is 0.495. The monoisotopic (exact) mass is 285 g/mol. The van der Waals surface area contributed by atoms with E-state index in [4.69, 9.17) is 0 Å². The first kappa shape index (κ1) is 15.8. The van der Waals surface area contributed by atoms with Gasteiger partial charge in [0.15, 0.2) is 5.78 Å². The molecule has 0 atom stereocenters. The molecule has 0 unspecified atom stereocenters. The third kappa shape index (κ3) is 3.38. The molecule has 1 aromatic heterocycles. The molecule has 0 aliphatic rings. The molecule has 0 saturated carbocycles. The molecular formula is C11H15N3O6. The van der Waals surface area contributed by atoms with Gasteiger partial charge >= 0.3 is 16.9 Å². The molecule has 0 radical (unpaired) electrons. The third-order valence-electron chi connectivity index (χ3n) is 2.52. The number of aryl methyl sites for hydroxylation is 1. The average molecular weight is 285 g/mol. The van der Waals surface area contributed by atoms with Crippen molar-refractivity contribution < 1.29 is 14.5 Å². The van der Waals surface area contributed by atoms with Crippen LogP contribution in [0.3, 0.4) is 0 Å². The first-order valence-electron chi connectivity index (χ1n) is 5.91. The van der Waals surface area contributed by atoms with Gasteiger partial charge in [0.05, 0.1) is 17.7 Å². The Balaban J connectivity index is 3.40. The second-order valence-electron chi connectivity index (χ2n) is 4.11. The number of aromatic nitrogens is 2. The van der Waals surface area contributed by atoms with Crippen LogP contribution in [0.25, 0.3) is 0 Å². The molecule has 9 nitrogen and oxygen atoms in total. The molecule has 1 heterocycles. The van der Waals surface area contributed by atoms with E-state index in [0.29, 0.717) is 11.0 Å². The van der Waals surface area contributed by atoms with Gasteiger partial charge in [-0.1, -0.05) is 6.92 Å². The lowest BCUT2D eigenvalue weighted by molar-refractivity contribution is -0.387. The summed E-state index contributed by atoms with van der Waals surface area (Å²) in [5.74, 6) is -0.518. The van der Waals surface area contributed by atoms with Crippen LogP contribution in [0.4, 0.5) is 5.69 Å². The van der Waals surface area contributed by atoms with Gasteiger partial charge in [0.1, 0.15) is 6.61 Å². The number of hydrogen-bond acceptors (Lipinski definition) is 6. The van der Waals surface area contributed by atoms with Crippen molar-refractivity contribution in [2.45, 2.75) is 26.4 Å². The van der Waals surface area contributed by atoms with Gasteiger partial charge in [-0.2, -0.15) is 0 Å². The molecule has 1 aromatic rings. The van der Waals surface area contributed by atoms with Crippen LogP contribution in [0.2, 0.25) is 0 Å². The number of rotatable bonds is 7. The van der Waals surface area contributed by atoms with Crippen molar-refractivity contribution in [1.82, 2.24) is 9.13 Å². The van der Waals surface area contributed by atoms with Gasteiger partial charge in [0, 0.05) is 13.7 Å². The molecule has 0 fully saturated rings. The number of hydrogen-bond donors (Lipinski definition) is 0. The second-order valence-corrected chi connectivity index (χ2v) is 4.11. The highest BCUT2D eigenvalue weighted by Gasteiger charge is 2.20. The Bertz CT molecular complexity index is 630. The molecule has 0 aromatic carbocycles. The van der Waals surface area contributed by atoms with Crippen LogP contribution < -0.4 is 11.2 Å². The molecule has 0 aliphatic heterocycles. The second kappa shape index (κ2) is 6.75. The minimum absolute atomic E-state index is 0.221. The molecule has 0 N–H and O–H groups in total. The molecule has 0 saturated heterocycles. The zero-order chi connectivity index (χ0) is 15.3.